The van der Waals surface area contributed by atoms with Crippen molar-refractivity contribution in [1.29, 1.82) is 0 Å². The van der Waals surface area contributed by atoms with E-state index in [4.69, 9.17) is 12.3 Å². The van der Waals surface area contributed by atoms with Crippen LogP contribution in [0.5, 0.6) is 0 Å². The minimum atomic E-state index is 0.127. The zero-order valence-electron chi connectivity index (χ0n) is 8.66. The maximum absolute atomic E-state index is 5.47. The average Bonchev–Trinajstić information content (AvgIpc) is 2.41. The first-order chi connectivity index (χ1) is 6.47. The topological polar surface area (TPSA) is 26.0 Å². The van der Waals surface area contributed by atoms with Crippen LogP contribution in [0.4, 0.5) is 0 Å². The molecule has 0 spiro atoms. The molecule has 2 rings (SSSR count). The maximum Gasteiger partial charge on any atom is 0.197 e. The molecular formula is C11H12BNO. The maximum atomic E-state index is 5.47. The van der Waals surface area contributed by atoms with Crippen LogP contribution < -0.4 is 5.79 Å². The molecule has 2 radical (unpaired) electrons. The Morgan fingerprint density at radius 1 is 1.29 bits per heavy atom. The highest BCUT2D eigenvalue weighted by molar-refractivity contribution is 6.28. The zero-order chi connectivity index (χ0) is 10.3. The van der Waals surface area contributed by atoms with Crippen LogP contribution in [-0.2, 0) is 5.41 Å². The van der Waals surface area contributed by atoms with Gasteiger partial charge >= 0.3 is 0 Å². The van der Waals surface area contributed by atoms with Crippen LogP contribution in [0.1, 0.15) is 26.3 Å². The van der Waals surface area contributed by atoms with Crippen LogP contribution in [0.3, 0.4) is 0 Å². The molecule has 2 aromatic rings. The monoisotopic (exact) mass is 185 g/mol. The number of fused-ring (bicyclic) bond motifs is 1. The van der Waals surface area contributed by atoms with Gasteiger partial charge in [-0.15, -0.1) is 0 Å². The first-order valence-corrected chi connectivity index (χ1v) is 4.63. The van der Waals surface area contributed by atoms with E-state index in [0.29, 0.717) is 0 Å². The van der Waals surface area contributed by atoms with Gasteiger partial charge in [0.25, 0.3) is 0 Å². The Kier molecular flexibility index (Phi) is 1.91. The van der Waals surface area contributed by atoms with E-state index in [0.717, 1.165) is 11.1 Å². The summed E-state index contributed by atoms with van der Waals surface area (Å²) in [5.74, 6) is 0.228. The van der Waals surface area contributed by atoms with Crippen LogP contribution in [0.2, 0.25) is 0 Å². The SMILES string of the molecule is [B]c1nc2cc(C(C)(C)C)ccc2o1. The standard InChI is InChI=1S/C11H12BNO/c1-11(2,3)7-4-5-9-8(6-7)13-10(12)14-9/h4-6H,1-3H3. The van der Waals surface area contributed by atoms with Gasteiger partial charge < -0.3 is 4.42 Å². The van der Waals surface area contributed by atoms with E-state index in [1.165, 1.54) is 5.56 Å². The number of hydrogen-bond acceptors (Lipinski definition) is 2. The molecule has 0 bridgehead atoms. The summed E-state index contributed by atoms with van der Waals surface area (Å²) < 4.78 is 5.20. The molecule has 1 aromatic carbocycles. The summed E-state index contributed by atoms with van der Waals surface area (Å²) in [4.78, 5) is 4.10. The van der Waals surface area contributed by atoms with Crippen molar-refractivity contribution in [2.75, 3.05) is 0 Å². The zero-order valence-corrected chi connectivity index (χ0v) is 8.66. The molecule has 1 aromatic heterocycles. The predicted molar refractivity (Wildman–Crippen MR) is 58.1 cm³/mol. The fourth-order valence-electron chi connectivity index (χ4n) is 1.41. The van der Waals surface area contributed by atoms with E-state index >= 15 is 0 Å². The number of aromatic nitrogens is 1. The Balaban J connectivity index is 2.62. The first-order valence-electron chi connectivity index (χ1n) is 4.63. The van der Waals surface area contributed by atoms with E-state index in [1.807, 2.05) is 18.2 Å². The highest BCUT2D eigenvalue weighted by Gasteiger charge is 2.14. The molecule has 3 heteroatoms. The highest BCUT2D eigenvalue weighted by Crippen LogP contribution is 2.24. The minimum Gasteiger partial charge on any atom is -0.452 e. The van der Waals surface area contributed by atoms with Crippen LogP contribution in [0.15, 0.2) is 22.6 Å². The van der Waals surface area contributed by atoms with E-state index < -0.39 is 0 Å². The summed E-state index contributed by atoms with van der Waals surface area (Å²) in [5.41, 5.74) is 2.94. The molecule has 0 unspecified atom stereocenters. The number of rotatable bonds is 0. The Hall–Kier alpha value is -1.25. The largest absolute Gasteiger partial charge is 0.452 e. The van der Waals surface area contributed by atoms with Gasteiger partial charge in [0, 0.05) is 0 Å². The molecule has 0 saturated heterocycles. The predicted octanol–water partition coefficient (Wildman–Crippen LogP) is 1.92. The number of benzene rings is 1. The molecule has 0 saturated carbocycles. The summed E-state index contributed by atoms with van der Waals surface area (Å²) in [6.45, 7) is 6.49. The summed E-state index contributed by atoms with van der Waals surface area (Å²) in [6.07, 6.45) is 0. The van der Waals surface area contributed by atoms with E-state index in [9.17, 15) is 0 Å². The second-order valence-corrected chi connectivity index (χ2v) is 4.48. The van der Waals surface area contributed by atoms with Crippen LogP contribution in [0.25, 0.3) is 11.1 Å². The summed E-state index contributed by atoms with van der Waals surface area (Å²) >= 11 is 0. The lowest BCUT2D eigenvalue weighted by Crippen LogP contribution is -2.10. The van der Waals surface area contributed by atoms with Crippen molar-refractivity contribution in [3.05, 3.63) is 23.8 Å². The molecule has 70 valence electrons. The lowest BCUT2D eigenvalue weighted by Gasteiger charge is -2.18. The fraction of sp³-hybridized carbons (Fsp3) is 0.364. The van der Waals surface area contributed by atoms with E-state index in [-0.39, 0.29) is 11.2 Å². The number of oxazole rings is 1. The van der Waals surface area contributed by atoms with Crippen molar-refractivity contribution >= 4 is 24.7 Å². The summed E-state index contributed by atoms with van der Waals surface area (Å²) in [7, 11) is 5.47. The van der Waals surface area contributed by atoms with Gasteiger partial charge in [-0.3, -0.25) is 0 Å². The Labute approximate surface area is 84.7 Å². The van der Waals surface area contributed by atoms with Gasteiger partial charge in [0.15, 0.2) is 13.4 Å². The van der Waals surface area contributed by atoms with Gasteiger partial charge in [-0.25, -0.2) is 4.98 Å². The summed E-state index contributed by atoms with van der Waals surface area (Å²) in [5, 5.41) is 0. The van der Waals surface area contributed by atoms with Crippen molar-refractivity contribution in [2.45, 2.75) is 26.2 Å². The average molecular weight is 185 g/mol. The molecule has 0 aliphatic rings. The van der Waals surface area contributed by atoms with Gasteiger partial charge in [0.1, 0.15) is 11.3 Å². The van der Waals surface area contributed by atoms with Crippen molar-refractivity contribution in [2.24, 2.45) is 0 Å². The normalized spacial score (nSPS) is 12.2. The van der Waals surface area contributed by atoms with Crippen LogP contribution >= 0.6 is 0 Å². The van der Waals surface area contributed by atoms with Gasteiger partial charge in [0.2, 0.25) is 0 Å². The molecule has 0 atom stereocenters. The smallest absolute Gasteiger partial charge is 0.197 e. The number of nitrogens with zero attached hydrogens (tertiary/aromatic N) is 1. The fourth-order valence-corrected chi connectivity index (χ4v) is 1.41. The van der Waals surface area contributed by atoms with Crippen molar-refractivity contribution in [3.8, 4) is 0 Å². The second kappa shape index (κ2) is 2.87. The quantitative estimate of drug-likeness (QED) is 0.586. The third-order valence-electron chi connectivity index (χ3n) is 2.27. The second-order valence-electron chi connectivity index (χ2n) is 4.48. The Morgan fingerprint density at radius 2 is 2.00 bits per heavy atom. The first kappa shape index (κ1) is 9.32. The van der Waals surface area contributed by atoms with Crippen molar-refractivity contribution < 1.29 is 4.42 Å². The minimum absolute atomic E-state index is 0.127. The molecular weight excluding hydrogens is 173 g/mol. The molecule has 0 aliphatic carbocycles. The molecule has 1 heterocycles. The molecule has 0 aliphatic heterocycles. The van der Waals surface area contributed by atoms with Gasteiger partial charge in [0.05, 0.1) is 0 Å². The third-order valence-corrected chi connectivity index (χ3v) is 2.27. The van der Waals surface area contributed by atoms with Crippen LogP contribution in [0, 0.1) is 0 Å². The lowest BCUT2D eigenvalue weighted by molar-refractivity contribution is 0.590. The van der Waals surface area contributed by atoms with Gasteiger partial charge in [-0.1, -0.05) is 26.8 Å². The molecule has 14 heavy (non-hydrogen) atoms. The van der Waals surface area contributed by atoms with Crippen molar-refractivity contribution in [1.82, 2.24) is 4.98 Å². The molecule has 0 amide bonds. The van der Waals surface area contributed by atoms with Crippen molar-refractivity contribution in [3.63, 3.8) is 0 Å². The molecule has 0 N–H and O–H groups in total. The van der Waals surface area contributed by atoms with Gasteiger partial charge in [-0.05, 0) is 23.1 Å². The highest BCUT2D eigenvalue weighted by atomic mass is 16.3. The molecule has 2 nitrogen and oxygen atoms in total. The summed E-state index contributed by atoms with van der Waals surface area (Å²) in [6, 6.07) is 5.99. The number of hydrogen-bond donors (Lipinski definition) is 0. The van der Waals surface area contributed by atoms with E-state index in [1.54, 1.807) is 0 Å². The molecule has 0 fully saturated rings. The Morgan fingerprint density at radius 3 is 2.64 bits per heavy atom. The van der Waals surface area contributed by atoms with Gasteiger partial charge in [-0.2, -0.15) is 0 Å². The Bertz CT molecular complexity index is 468. The third kappa shape index (κ3) is 1.54. The van der Waals surface area contributed by atoms with E-state index in [2.05, 4.69) is 25.8 Å². The lowest BCUT2D eigenvalue weighted by atomic mass is 9.87. The van der Waals surface area contributed by atoms with Crippen LogP contribution in [-0.4, -0.2) is 12.8 Å².